The van der Waals surface area contributed by atoms with Crippen LogP contribution >= 0.6 is 11.3 Å². The highest BCUT2D eigenvalue weighted by Gasteiger charge is 2.16. The number of carbonyl (C=O) groups excluding carboxylic acids is 1. The molecule has 1 unspecified atom stereocenters. The van der Waals surface area contributed by atoms with E-state index in [1.165, 1.54) is 4.88 Å². The van der Waals surface area contributed by atoms with E-state index in [9.17, 15) is 4.79 Å². The van der Waals surface area contributed by atoms with Crippen molar-refractivity contribution in [2.24, 2.45) is 0 Å². The van der Waals surface area contributed by atoms with Crippen LogP contribution in [0.25, 0.3) is 0 Å². The molecule has 0 spiro atoms. The van der Waals surface area contributed by atoms with Crippen molar-refractivity contribution in [3.05, 3.63) is 22.4 Å². The van der Waals surface area contributed by atoms with Crippen molar-refractivity contribution in [1.29, 1.82) is 0 Å². The summed E-state index contributed by atoms with van der Waals surface area (Å²) < 4.78 is 0. The van der Waals surface area contributed by atoms with Crippen LogP contribution in [-0.4, -0.2) is 19.0 Å². The minimum Gasteiger partial charge on any atom is -0.354 e. The van der Waals surface area contributed by atoms with Gasteiger partial charge >= 0.3 is 0 Å². The Morgan fingerprint density at radius 2 is 2.46 bits per heavy atom. The SMILES string of the molecule is O=C1CCNC(c2cccs2)CN1. The van der Waals surface area contributed by atoms with E-state index < -0.39 is 0 Å². The van der Waals surface area contributed by atoms with E-state index in [-0.39, 0.29) is 5.91 Å². The van der Waals surface area contributed by atoms with Crippen LogP contribution in [0.5, 0.6) is 0 Å². The zero-order valence-corrected chi connectivity index (χ0v) is 8.06. The van der Waals surface area contributed by atoms with Crippen LogP contribution < -0.4 is 10.6 Å². The van der Waals surface area contributed by atoms with Gasteiger partial charge in [-0.15, -0.1) is 11.3 Å². The monoisotopic (exact) mass is 196 g/mol. The van der Waals surface area contributed by atoms with E-state index in [2.05, 4.69) is 22.1 Å². The molecule has 2 heterocycles. The average Bonchev–Trinajstić information content (AvgIpc) is 2.56. The standard InChI is InChI=1S/C9H12N2OS/c12-9-3-4-10-7(6-11-9)8-2-1-5-13-8/h1-2,5,7,10H,3-4,6H2,(H,11,12). The zero-order valence-electron chi connectivity index (χ0n) is 7.25. The Hall–Kier alpha value is -0.870. The highest BCUT2D eigenvalue weighted by atomic mass is 32.1. The van der Waals surface area contributed by atoms with Crippen molar-refractivity contribution in [2.45, 2.75) is 12.5 Å². The smallest absolute Gasteiger partial charge is 0.221 e. The summed E-state index contributed by atoms with van der Waals surface area (Å²) in [6, 6.07) is 4.43. The predicted molar refractivity (Wildman–Crippen MR) is 52.7 cm³/mol. The van der Waals surface area contributed by atoms with Crippen molar-refractivity contribution in [1.82, 2.24) is 10.6 Å². The maximum Gasteiger partial charge on any atom is 0.221 e. The van der Waals surface area contributed by atoms with Crippen LogP contribution in [0.1, 0.15) is 17.3 Å². The van der Waals surface area contributed by atoms with Gasteiger partial charge in [0.2, 0.25) is 5.91 Å². The summed E-state index contributed by atoms with van der Waals surface area (Å²) in [5, 5.41) is 8.29. The van der Waals surface area contributed by atoms with Crippen molar-refractivity contribution in [3.63, 3.8) is 0 Å². The third-order valence-corrected chi connectivity index (χ3v) is 3.12. The molecule has 1 fully saturated rings. The molecule has 2 rings (SSSR count). The van der Waals surface area contributed by atoms with Crippen molar-refractivity contribution in [3.8, 4) is 0 Å². The predicted octanol–water partition coefficient (Wildman–Crippen LogP) is 0.899. The molecule has 0 saturated carbocycles. The van der Waals surface area contributed by atoms with Crippen molar-refractivity contribution in [2.75, 3.05) is 13.1 Å². The van der Waals surface area contributed by atoms with Gasteiger partial charge in [0.15, 0.2) is 0 Å². The number of amides is 1. The number of hydrogen-bond acceptors (Lipinski definition) is 3. The molecule has 1 atom stereocenters. The van der Waals surface area contributed by atoms with E-state index in [1.807, 2.05) is 6.07 Å². The molecule has 3 nitrogen and oxygen atoms in total. The van der Waals surface area contributed by atoms with Gasteiger partial charge in [0.1, 0.15) is 0 Å². The van der Waals surface area contributed by atoms with Gasteiger partial charge in [-0.2, -0.15) is 0 Å². The number of nitrogens with one attached hydrogen (secondary N) is 2. The lowest BCUT2D eigenvalue weighted by Crippen LogP contribution is -2.28. The van der Waals surface area contributed by atoms with Gasteiger partial charge in [-0.3, -0.25) is 4.79 Å². The van der Waals surface area contributed by atoms with Gasteiger partial charge in [0.05, 0.1) is 6.04 Å². The number of hydrogen-bond donors (Lipinski definition) is 2. The first-order valence-corrected chi connectivity index (χ1v) is 5.28. The first kappa shape index (κ1) is 8.72. The largest absolute Gasteiger partial charge is 0.354 e. The maximum atomic E-state index is 11.1. The fourth-order valence-corrected chi connectivity index (χ4v) is 2.23. The maximum absolute atomic E-state index is 11.1. The molecule has 1 aromatic heterocycles. The van der Waals surface area contributed by atoms with Gasteiger partial charge < -0.3 is 10.6 Å². The van der Waals surface area contributed by atoms with Crippen LogP contribution in [-0.2, 0) is 4.79 Å². The lowest BCUT2D eigenvalue weighted by molar-refractivity contribution is -0.120. The molecular formula is C9H12N2OS. The second kappa shape index (κ2) is 3.89. The fourth-order valence-electron chi connectivity index (χ4n) is 1.43. The lowest BCUT2D eigenvalue weighted by atomic mass is 10.2. The van der Waals surface area contributed by atoms with Crippen LogP contribution in [0.3, 0.4) is 0 Å². The molecule has 4 heteroatoms. The first-order valence-electron chi connectivity index (χ1n) is 4.40. The molecule has 1 aromatic rings. The molecule has 0 radical (unpaired) electrons. The summed E-state index contributed by atoms with van der Waals surface area (Å²) in [5.41, 5.74) is 0. The normalized spacial score (nSPS) is 23.7. The summed E-state index contributed by atoms with van der Waals surface area (Å²) in [4.78, 5) is 12.3. The van der Waals surface area contributed by atoms with Crippen molar-refractivity contribution >= 4 is 17.2 Å². The molecule has 0 bridgehead atoms. The molecule has 1 aliphatic heterocycles. The molecule has 0 aromatic carbocycles. The summed E-state index contributed by atoms with van der Waals surface area (Å²) >= 11 is 1.73. The Morgan fingerprint density at radius 3 is 3.23 bits per heavy atom. The van der Waals surface area contributed by atoms with Gasteiger partial charge in [0, 0.05) is 24.4 Å². The third kappa shape index (κ3) is 2.08. The second-order valence-corrected chi connectivity index (χ2v) is 4.06. The molecule has 13 heavy (non-hydrogen) atoms. The van der Waals surface area contributed by atoms with Crippen LogP contribution in [0.15, 0.2) is 17.5 Å². The Balaban J connectivity index is 2.04. The Kier molecular flexibility index (Phi) is 2.61. The molecule has 1 aliphatic rings. The molecule has 1 saturated heterocycles. The van der Waals surface area contributed by atoms with Crippen LogP contribution in [0, 0.1) is 0 Å². The van der Waals surface area contributed by atoms with Crippen LogP contribution in [0.4, 0.5) is 0 Å². The van der Waals surface area contributed by atoms with Gasteiger partial charge in [-0.05, 0) is 11.4 Å². The quantitative estimate of drug-likeness (QED) is 0.700. The highest BCUT2D eigenvalue weighted by Crippen LogP contribution is 2.18. The highest BCUT2D eigenvalue weighted by molar-refractivity contribution is 7.10. The molecular weight excluding hydrogens is 184 g/mol. The Labute approximate surface area is 81.2 Å². The van der Waals surface area contributed by atoms with E-state index >= 15 is 0 Å². The number of rotatable bonds is 1. The third-order valence-electron chi connectivity index (χ3n) is 2.13. The van der Waals surface area contributed by atoms with E-state index in [0.29, 0.717) is 19.0 Å². The van der Waals surface area contributed by atoms with Gasteiger partial charge in [-0.1, -0.05) is 6.07 Å². The lowest BCUT2D eigenvalue weighted by Gasteiger charge is -2.12. The zero-order chi connectivity index (χ0) is 9.10. The van der Waals surface area contributed by atoms with Crippen LogP contribution in [0.2, 0.25) is 0 Å². The van der Waals surface area contributed by atoms with Gasteiger partial charge in [-0.25, -0.2) is 0 Å². The minimum atomic E-state index is 0.145. The summed E-state index contributed by atoms with van der Waals surface area (Å²) in [6.45, 7) is 1.48. The molecule has 1 amide bonds. The Bertz CT molecular complexity index is 284. The molecule has 70 valence electrons. The van der Waals surface area contributed by atoms with E-state index in [1.54, 1.807) is 11.3 Å². The molecule has 2 N–H and O–H groups in total. The van der Waals surface area contributed by atoms with Crippen molar-refractivity contribution < 1.29 is 4.79 Å². The summed E-state index contributed by atoms with van der Waals surface area (Å²) in [7, 11) is 0. The topological polar surface area (TPSA) is 41.1 Å². The molecule has 0 aliphatic carbocycles. The second-order valence-electron chi connectivity index (χ2n) is 3.08. The van der Waals surface area contributed by atoms with Gasteiger partial charge in [0.25, 0.3) is 0 Å². The first-order chi connectivity index (χ1) is 6.36. The Morgan fingerprint density at radius 1 is 1.54 bits per heavy atom. The van der Waals surface area contributed by atoms with E-state index in [4.69, 9.17) is 0 Å². The number of thiophene rings is 1. The number of carbonyl (C=O) groups is 1. The summed E-state index contributed by atoms with van der Waals surface area (Å²) in [6.07, 6.45) is 0.585. The van der Waals surface area contributed by atoms with E-state index in [0.717, 1.165) is 6.54 Å². The minimum absolute atomic E-state index is 0.145. The summed E-state index contributed by atoms with van der Waals surface area (Å²) in [5.74, 6) is 0.145. The fraction of sp³-hybridized carbons (Fsp3) is 0.444. The average molecular weight is 196 g/mol.